The highest BCUT2D eigenvalue weighted by Crippen LogP contribution is 2.48. The van der Waals surface area contributed by atoms with E-state index >= 15 is 0 Å². The van der Waals surface area contributed by atoms with E-state index in [1.807, 2.05) is 0 Å². The van der Waals surface area contributed by atoms with E-state index < -0.39 is 79.4 Å². The van der Waals surface area contributed by atoms with Crippen molar-refractivity contribution < 1.29 is 59.9 Å². The number of carbonyl (C=O) groups is 1. The van der Waals surface area contributed by atoms with Crippen molar-refractivity contribution in [2.75, 3.05) is 13.2 Å². The monoisotopic (exact) mass is 406 g/mol. The number of hydrogen-bond donors (Lipinski definition) is 8. The Morgan fingerprint density at radius 1 is 1.14 bits per heavy atom. The molecule has 3 aliphatic rings. The van der Waals surface area contributed by atoms with Crippen LogP contribution >= 0.6 is 0 Å². The zero-order valence-electron chi connectivity index (χ0n) is 14.4. The van der Waals surface area contributed by atoms with Crippen LogP contribution in [0.1, 0.15) is 0 Å². The van der Waals surface area contributed by atoms with Gasteiger partial charge in [-0.1, -0.05) is 0 Å². The van der Waals surface area contributed by atoms with Gasteiger partial charge in [0.2, 0.25) is 6.29 Å². The summed E-state index contributed by atoms with van der Waals surface area (Å²) in [6.07, 6.45) is -7.65. The molecule has 0 spiro atoms. The Morgan fingerprint density at radius 2 is 1.82 bits per heavy atom. The molecule has 1 fully saturated rings. The third kappa shape index (κ3) is 3.17. The average Bonchev–Trinajstić information content (AvgIpc) is 2.93. The summed E-state index contributed by atoms with van der Waals surface area (Å²) in [6, 6.07) is 0. The van der Waals surface area contributed by atoms with E-state index in [9.17, 15) is 45.6 Å². The van der Waals surface area contributed by atoms with Gasteiger partial charge in [-0.25, -0.2) is 4.79 Å². The van der Waals surface area contributed by atoms with Gasteiger partial charge in [0.05, 0.1) is 31.0 Å². The second-order valence-electron chi connectivity index (χ2n) is 6.90. The minimum Gasteiger partial charge on any atom is -0.509 e. The minimum atomic E-state index is -2.29. The molecule has 1 aliphatic carbocycles. The molecule has 8 N–H and O–H groups in total. The van der Waals surface area contributed by atoms with Gasteiger partial charge in [0, 0.05) is 5.92 Å². The summed E-state index contributed by atoms with van der Waals surface area (Å²) in [4.78, 5) is 11.4. The molecule has 0 aromatic heterocycles. The molecule has 2 aliphatic heterocycles. The first-order valence-electron chi connectivity index (χ1n) is 8.45. The van der Waals surface area contributed by atoms with Crippen LogP contribution in [-0.4, -0.2) is 103 Å². The zero-order valence-corrected chi connectivity index (χ0v) is 14.4. The van der Waals surface area contributed by atoms with E-state index in [-0.39, 0.29) is 5.57 Å². The summed E-state index contributed by atoms with van der Waals surface area (Å²) in [5, 5.41) is 78.5. The van der Waals surface area contributed by atoms with Gasteiger partial charge in [0.15, 0.2) is 11.9 Å². The molecule has 28 heavy (non-hydrogen) atoms. The van der Waals surface area contributed by atoms with Crippen LogP contribution in [-0.2, 0) is 19.0 Å². The Balaban J connectivity index is 1.88. The van der Waals surface area contributed by atoms with Crippen LogP contribution in [0.2, 0.25) is 0 Å². The van der Waals surface area contributed by atoms with E-state index in [0.717, 1.165) is 12.3 Å². The maximum Gasteiger partial charge on any atom is 0.335 e. The molecule has 158 valence electrons. The minimum absolute atomic E-state index is 0.311. The van der Waals surface area contributed by atoms with Gasteiger partial charge < -0.3 is 55.1 Å². The van der Waals surface area contributed by atoms with Crippen molar-refractivity contribution in [3.63, 3.8) is 0 Å². The van der Waals surface area contributed by atoms with E-state index in [4.69, 9.17) is 14.2 Å². The lowest BCUT2D eigenvalue weighted by molar-refractivity contribution is -0.347. The third-order valence-corrected chi connectivity index (χ3v) is 5.31. The van der Waals surface area contributed by atoms with Crippen molar-refractivity contribution in [1.82, 2.24) is 0 Å². The van der Waals surface area contributed by atoms with Crippen LogP contribution in [0.4, 0.5) is 0 Å². The highest BCUT2D eigenvalue weighted by molar-refractivity contribution is 5.88. The summed E-state index contributed by atoms with van der Waals surface area (Å²) in [5.41, 5.74) is -2.60. The molecule has 1 saturated heterocycles. The third-order valence-electron chi connectivity index (χ3n) is 5.31. The van der Waals surface area contributed by atoms with E-state index in [1.165, 1.54) is 0 Å². The molecule has 0 unspecified atom stereocenters. The second-order valence-corrected chi connectivity index (χ2v) is 6.90. The van der Waals surface area contributed by atoms with Crippen LogP contribution in [0.15, 0.2) is 23.7 Å². The number of carboxylic acids is 1. The van der Waals surface area contributed by atoms with Crippen molar-refractivity contribution in [1.29, 1.82) is 0 Å². The fourth-order valence-corrected chi connectivity index (χ4v) is 3.68. The highest BCUT2D eigenvalue weighted by Gasteiger charge is 2.59. The Bertz CT molecular complexity index is 675. The Kier molecular flexibility index (Phi) is 5.67. The molecule has 12 heteroatoms. The van der Waals surface area contributed by atoms with E-state index in [1.54, 1.807) is 0 Å². The summed E-state index contributed by atoms with van der Waals surface area (Å²) >= 11 is 0. The number of rotatable bonds is 5. The second kappa shape index (κ2) is 7.57. The predicted molar refractivity (Wildman–Crippen MR) is 85.2 cm³/mol. The number of allylic oxidation sites excluding steroid dienone is 1. The number of ether oxygens (including phenoxy) is 3. The van der Waals surface area contributed by atoms with Gasteiger partial charge >= 0.3 is 5.97 Å². The quantitative estimate of drug-likeness (QED) is 0.224. The van der Waals surface area contributed by atoms with Gasteiger partial charge in [-0.15, -0.1) is 0 Å². The molecule has 0 aromatic carbocycles. The fraction of sp³-hybridized carbons (Fsp3) is 0.688. The predicted octanol–water partition coefficient (Wildman–Crippen LogP) is -3.46. The van der Waals surface area contributed by atoms with Gasteiger partial charge in [-0.05, 0) is 6.08 Å². The summed E-state index contributed by atoms with van der Waals surface area (Å²) in [7, 11) is 0. The molecule has 0 aromatic rings. The Morgan fingerprint density at radius 3 is 2.39 bits per heavy atom. The number of aliphatic carboxylic acids is 1. The number of hydrogen-bond acceptors (Lipinski definition) is 11. The molecular weight excluding hydrogens is 384 g/mol. The fourth-order valence-electron chi connectivity index (χ4n) is 3.68. The molecule has 2 heterocycles. The molecule has 9 atom stereocenters. The zero-order chi connectivity index (χ0) is 20.8. The molecular formula is C16H22O12. The summed E-state index contributed by atoms with van der Waals surface area (Å²) < 4.78 is 15.9. The van der Waals surface area contributed by atoms with Crippen molar-refractivity contribution in [2.45, 2.75) is 42.6 Å². The number of aliphatic hydroxyl groups excluding tert-OH is 6. The lowest BCUT2D eigenvalue weighted by atomic mass is 9.79. The van der Waals surface area contributed by atoms with Crippen LogP contribution in [0.3, 0.4) is 0 Å². The lowest BCUT2D eigenvalue weighted by Crippen LogP contribution is -2.61. The maximum absolute atomic E-state index is 11.4. The number of fused-ring (bicyclic) bond motifs is 1. The number of carboxylic acid groups (broad SMARTS) is 1. The first-order chi connectivity index (χ1) is 13.2. The molecule has 0 amide bonds. The van der Waals surface area contributed by atoms with Crippen molar-refractivity contribution in [2.24, 2.45) is 11.8 Å². The smallest absolute Gasteiger partial charge is 0.335 e. The first kappa shape index (κ1) is 21.0. The topological polar surface area (TPSA) is 207 Å². The van der Waals surface area contributed by atoms with Gasteiger partial charge in [0.25, 0.3) is 0 Å². The Hall–Kier alpha value is -1.77. The number of aliphatic hydroxyl groups is 7. The standard InChI is InChI=1S/C16H22O12/c17-2-7-10(20)11(21)12(22)15(27-7)28-14-9-5(6(3-26-14)13(23)24)1-8(19)16(9,25)4-18/h1,3,5,7,9-12,14-15,17-22,25H,2,4H2,(H,23,24)/t5-,7+,9+,10+,11-,12+,14+,15-,16-/m0/s1. The summed E-state index contributed by atoms with van der Waals surface area (Å²) in [5.74, 6) is -4.49. The van der Waals surface area contributed by atoms with Gasteiger partial charge in [0.1, 0.15) is 30.2 Å². The van der Waals surface area contributed by atoms with Crippen molar-refractivity contribution in [3.05, 3.63) is 23.7 Å². The van der Waals surface area contributed by atoms with Crippen molar-refractivity contribution in [3.8, 4) is 0 Å². The van der Waals surface area contributed by atoms with Gasteiger partial charge in [-0.3, -0.25) is 0 Å². The van der Waals surface area contributed by atoms with Crippen LogP contribution < -0.4 is 0 Å². The normalized spacial score (nSPS) is 45.6. The average molecular weight is 406 g/mol. The van der Waals surface area contributed by atoms with Crippen molar-refractivity contribution >= 4 is 5.97 Å². The van der Waals surface area contributed by atoms with E-state index in [0.29, 0.717) is 0 Å². The molecule has 0 bridgehead atoms. The first-order valence-corrected chi connectivity index (χ1v) is 8.45. The van der Waals surface area contributed by atoms with Crippen LogP contribution in [0, 0.1) is 11.8 Å². The lowest BCUT2D eigenvalue weighted by Gasteiger charge is -2.44. The molecule has 0 saturated carbocycles. The maximum atomic E-state index is 11.4. The molecule has 12 nitrogen and oxygen atoms in total. The Labute approximate surface area is 158 Å². The van der Waals surface area contributed by atoms with E-state index in [2.05, 4.69) is 0 Å². The molecule has 0 radical (unpaired) electrons. The highest BCUT2D eigenvalue weighted by atomic mass is 16.8. The molecule has 3 rings (SSSR count). The largest absolute Gasteiger partial charge is 0.509 e. The van der Waals surface area contributed by atoms with Crippen LogP contribution in [0.5, 0.6) is 0 Å². The summed E-state index contributed by atoms with van der Waals surface area (Å²) in [6.45, 7) is -1.68. The van der Waals surface area contributed by atoms with Crippen LogP contribution in [0.25, 0.3) is 0 Å². The SMILES string of the molecule is O=C(O)C1=CO[C@H](O[C@@H]2O[C@H](CO)[C@@H](O)[C@H](O)[C@H]2O)[C@H]2[C@H]1C=C(O)[C@@]2(O)CO. The van der Waals surface area contributed by atoms with Gasteiger partial charge in [-0.2, -0.15) is 0 Å².